The van der Waals surface area contributed by atoms with Gasteiger partial charge in [-0.3, -0.25) is 0 Å². The number of benzene rings is 1. The van der Waals surface area contributed by atoms with E-state index < -0.39 is 0 Å². The van der Waals surface area contributed by atoms with Gasteiger partial charge < -0.3 is 24.9 Å². The summed E-state index contributed by atoms with van der Waals surface area (Å²) in [5, 5.41) is 16.3. The third-order valence-corrected chi connectivity index (χ3v) is 4.80. The summed E-state index contributed by atoms with van der Waals surface area (Å²) in [7, 11) is 1.96. The monoisotopic (exact) mass is 397 g/mol. The van der Waals surface area contributed by atoms with Crippen molar-refractivity contribution in [3.63, 3.8) is 0 Å². The number of nitrogens with one attached hydrogen (secondary N) is 3. The number of guanidine groups is 1. The fraction of sp³-hybridized carbons (Fsp3) is 0.476. The number of nitrogens with zero attached hydrogens (tertiary/aromatic N) is 4. The molecule has 29 heavy (non-hydrogen) atoms. The molecule has 0 amide bonds. The first-order chi connectivity index (χ1) is 14.2. The molecule has 0 aliphatic heterocycles. The van der Waals surface area contributed by atoms with Gasteiger partial charge in [0.15, 0.2) is 11.8 Å². The van der Waals surface area contributed by atoms with Crippen LogP contribution in [0.4, 0.5) is 0 Å². The maximum absolute atomic E-state index is 5.40. The zero-order valence-electron chi connectivity index (χ0n) is 17.5. The van der Waals surface area contributed by atoms with Crippen molar-refractivity contribution < 1.29 is 4.74 Å². The highest BCUT2D eigenvalue weighted by atomic mass is 16.5. The Bertz CT molecular complexity index is 895. The molecule has 8 heteroatoms. The number of aromatic amines is 1. The minimum atomic E-state index is 0.477. The molecule has 0 saturated carbocycles. The van der Waals surface area contributed by atoms with Crippen LogP contribution in [0.15, 0.2) is 35.3 Å². The van der Waals surface area contributed by atoms with Gasteiger partial charge in [-0.1, -0.05) is 18.2 Å². The first-order valence-electron chi connectivity index (χ1n) is 10.2. The molecule has 0 spiro atoms. The molecule has 0 aliphatic rings. The third kappa shape index (κ3) is 6.05. The van der Waals surface area contributed by atoms with E-state index in [4.69, 9.17) is 4.74 Å². The number of para-hydroxylation sites is 1. The Morgan fingerprint density at radius 1 is 1.21 bits per heavy atom. The van der Waals surface area contributed by atoms with Crippen LogP contribution in [-0.4, -0.2) is 52.0 Å². The Hall–Kier alpha value is -2.87. The molecular weight excluding hydrogens is 366 g/mol. The van der Waals surface area contributed by atoms with E-state index in [-0.39, 0.29) is 0 Å². The summed E-state index contributed by atoms with van der Waals surface area (Å²) in [4.78, 5) is 8.15. The van der Waals surface area contributed by atoms with Gasteiger partial charge in [0.25, 0.3) is 0 Å². The number of fused-ring (bicyclic) bond motifs is 1. The Morgan fingerprint density at radius 2 is 2.03 bits per heavy atom. The van der Waals surface area contributed by atoms with Gasteiger partial charge >= 0.3 is 0 Å². The van der Waals surface area contributed by atoms with E-state index in [1.165, 1.54) is 16.6 Å². The molecule has 3 N–H and O–H groups in total. The van der Waals surface area contributed by atoms with E-state index >= 15 is 0 Å². The lowest BCUT2D eigenvalue weighted by atomic mass is 10.2. The standard InChI is InChI=1S/C21H31N7O/c1-4-29-13-7-11-22-21(24-15-20-27-26-16(2)28(20)3)23-12-10-18-14-17-8-5-6-9-19(17)25-18/h5-6,8-9,14,25H,4,7,10-13,15H2,1-3H3,(H2,22,23,24). The molecule has 2 heterocycles. The number of aryl methyl sites for hydroxylation is 1. The summed E-state index contributed by atoms with van der Waals surface area (Å²) in [6, 6.07) is 10.5. The molecule has 8 nitrogen and oxygen atoms in total. The molecular formula is C21H31N7O. The van der Waals surface area contributed by atoms with Crippen LogP contribution in [0.3, 0.4) is 0 Å². The average Bonchev–Trinajstić information content (AvgIpc) is 3.28. The first kappa shape index (κ1) is 20.9. The number of hydrogen-bond donors (Lipinski definition) is 3. The summed E-state index contributed by atoms with van der Waals surface area (Å²) in [6.45, 7) is 7.49. The fourth-order valence-electron chi connectivity index (χ4n) is 3.02. The molecule has 0 radical (unpaired) electrons. The second-order valence-electron chi connectivity index (χ2n) is 6.92. The van der Waals surface area contributed by atoms with E-state index in [1.54, 1.807) is 0 Å². The normalized spacial score (nSPS) is 11.9. The van der Waals surface area contributed by atoms with Crippen molar-refractivity contribution in [1.29, 1.82) is 0 Å². The Morgan fingerprint density at radius 3 is 2.79 bits per heavy atom. The topological polar surface area (TPSA) is 92.2 Å². The van der Waals surface area contributed by atoms with Crippen molar-refractivity contribution in [2.45, 2.75) is 33.2 Å². The van der Waals surface area contributed by atoms with Crippen LogP contribution in [0.25, 0.3) is 10.9 Å². The van der Waals surface area contributed by atoms with E-state index in [2.05, 4.69) is 55.1 Å². The van der Waals surface area contributed by atoms with Gasteiger partial charge in [-0.25, -0.2) is 4.99 Å². The second kappa shape index (κ2) is 10.6. The second-order valence-corrected chi connectivity index (χ2v) is 6.92. The summed E-state index contributed by atoms with van der Waals surface area (Å²) in [5.74, 6) is 2.50. The number of aliphatic imine (C=N–C) groups is 1. The van der Waals surface area contributed by atoms with Crippen LogP contribution in [0.5, 0.6) is 0 Å². The maximum Gasteiger partial charge on any atom is 0.191 e. The molecule has 3 aromatic rings. The highest BCUT2D eigenvalue weighted by Gasteiger charge is 2.06. The lowest BCUT2D eigenvalue weighted by molar-refractivity contribution is 0.145. The smallest absolute Gasteiger partial charge is 0.191 e. The summed E-state index contributed by atoms with van der Waals surface area (Å²) >= 11 is 0. The molecule has 2 aromatic heterocycles. The van der Waals surface area contributed by atoms with Crippen LogP contribution in [-0.2, 0) is 24.8 Å². The molecule has 3 rings (SSSR count). The van der Waals surface area contributed by atoms with Crippen molar-refractivity contribution in [2.24, 2.45) is 12.0 Å². The number of aromatic nitrogens is 4. The molecule has 156 valence electrons. The van der Waals surface area contributed by atoms with E-state index in [1.807, 2.05) is 31.5 Å². The lowest BCUT2D eigenvalue weighted by Gasteiger charge is -2.12. The summed E-state index contributed by atoms with van der Waals surface area (Å²) in [6.07, 6.45) is 1.82. The van der Waals surface area contributed by atoms with Gasteiger partial charge in [-0.05, 0) is 37.8 Å². The third-order valence-electron chi connectivity index (χ3n) is 4.80. The highest BCUT2D eigenvalue weighted by Crippen LogP contribution is 2.14. The molecule has 0 aliphatic carbocycles. The molecule has 0 fully saturated rings. The first-order valence-corrected chi connectivity index (χ1v) is 10.2. The van der Waals surface area contributed by atoms with Crippen LogP contribution >= 0.6 is 0 Å². The largest absolute Gasteiger partial charge is 0.382 e. The Balaban J connectivity index is 1.55. The van der Waals surface area contributed by atoms with Gasteiger partial charge in [0, 0.05) is 51.0 Å². The predicted octanol–water partition coefficient (Wildman–Crippen LogP) is 2.31. The summed E-state index contributed by atoms with van der Waals surface area (Å²) in [5.41, 5.74) is 2.38. The Kier molecular flexibility index (Phi) is 7.63. The molecule has 0 unspecified atom stereocenters. The summed E-state index contributed by atoms with van der Waals surface area (Å²) < 4.78 is 7.36. The zero-order chi connectivity index (χ0) is 20.5. The average molecular weight is 398 g/mol. The number of rotatable bonds is 10. The number of ether oxygens (including phenoxy) is 1. The van der Waals surface area contributed by atoms with Crippen LogP contribution in [0, 0.1) is 6.92 Å². The number of hydrogen-bond acceptors (Lipinski definition) is 4. The van der Waals surface area contributed by atoms with Crippen LogP contribution < -0.4 is 10.6 Å². The van der Waals surface area contributed by atoms with Crippen LogP contribution in [0.2, 0.25) is 0 Å². The molecule has 1 aromatic carbocycles. The number of H-pyrrole nitrogens is 1. The quantitative estimate of drug-likeness (QED) is 0.277. The van der Waals surface area contributed by atoms with Gasteiger partial charge in [0.2, 0.25) is 0 Å². The maximum atomic E-state index is 5.40. The van der Waals surface area contributed by atoms with Crippen molar-refractivity contribution in [3.05, 3.63) is 47.7 Å². The van der Waals surface area contributed by atoms with E-state index in [0.717, 1.165) is 56.8 Å². The zero-order valence-corrected chi connectivity index (χ0v) is 17.5. The fourth-order valence-corrected chi connectivity index (χ4v) is 3.02. The van der Waals surface area contributed by atoms with Gasteiger partial charge in [-0.15, -0.1) is 10.2 Å². The van der Waals surface area contributed by atoms with Crippen LogP contribution in [0.1, 0.15) is 30.7 Å². The SMILES string of the molecule is CCOCCCNC(=NCc1nnc(C)n1C)NCCc1cc2ccccc2[nH]1. The highest BCUT2D eigenvalue weighted by molar-refractivity contribution is 5.81. The van der Waals surface area contributed by atoms with Gasteiger partial charge in [0.05, 0.1) is 0 Å². The van der Waals surface area contributed by atoms with Crippen molar-refractivity contribution in [1.82, 2.24) is 30.4 Å². The molecule has 0 atom stereocenters. The minimum Gasteiger partial charge on any atom is -0.382 e. The Labute approximate surface area is 171 Å². The molecule has 0 bridgehead atoms. The predicted molar refractivity (Wildman–Crippen MR) is 116 cm³/mol. The van der Waals surface area contributed by atoms with Crippen molar-refractivity contribution in [2.75, 3.05) is 26.3 Å². The minimum absolute atomic E-state index is 0.477. The van der Waals surface area contributed by atoms with Gasteiger partial charge in [0.1, 0.15) is 12.4 Å². The molecule has 0 saturated heterocycles. The van der Waals surface area contributed by atoms with Gasteiger partial charge in [-0.2, -0.15) is 0 Å². The van der Waals surface area contributed by atoms with Crippen molar-refractivity contribution in [3.8, 4) is 0 Å². The lowest BCUT2D eigenvalue weighted by Crippen LogP contribution is -2.39. The van der Waals surface area contributed by atoms with E-state index in [9.17, 15) is 0 Å². The van der Waals surface area contributed by atoms with E-state index in [0.29, 0.717) is 6.54 Å². The van der Waals surface area contributed by atoms with Crippen molar-refractivity contribution >= 4 is 16.9 Å².